The Hall–Kier alpha value is -2.63. The molecule has 0 aromatic rings. The minimum atomic E-state index is -1.57. The average Bonchev–Trinajstić information content (AvgIpc) is 3.35. The molecule has 1 fully saturated rings. The molecule has 1 saturated heterocycles. The highest BCUT2D eigenvalue weighted by Crippen LogP contribution is 2.23. The van der Waals surface area contributed by atoms with E-state index >= 15 is 0 Å². The molecule has 1 heterocycles. The summed E-state index contributed by atoms with van der Waals surface area (Å²) in [5, 5.41) is 54.5. The molecule has 7 unspecified atom stereocenters. The standard InChI is InChI=1S/C60H105NO8/c1-3-5-7-9-11-13-15-17-19-21-23-25-26-27-28-30-32-34-36-38-40-42-44-46-48-50-56(64)61-53(52-68-60-59(67)58(66)57(65)55(51-62)69-60)54(63)49-47-45-43-41-39-37-35-33-31-29-24-22-20-18-16-14-12-10-8-6-4-2/h5,7,11,13,17,19,23,25,27-28,32,34,47,49,53-55,57-60,62-63,65-67H,3-4,6,8-10,12,14-16,18,20-22,24,26,29-31,33,35-46,48,50-52H2,1-2H3,(H,61,64)/b7-5-,13-11-,19-17-,25-23-,28-27-,34-32-,49-47+. The third kappa shape index (κ3) is 38.7. The van der Waals surface area contributed by atoms with Crippen LogP contribution in [-0.4, -0.2) is 87.5 Å². The fourth-order valence-electron chi connectivity index (χ4n) is 8.51. The molecule has 0 radical (unpaired) electrons. The van der Waals surface area contributed by atoms with E-state index in [-0.39, 0.29) is 12.5 Å². The lowest BCUT2D eigenvalue weighted by atomic mass is 9.99. The SMILES string of the molecule is CC/C=C\C/C=C\C/C=C\C/C=C\C/C=C\C/C=C\CCCCCCCCC(=O)NC(COC1OC(CO)C(O)C(O)C1O)C(O)/C=C/CCCCCCCCCCCCCCCCCCCCC. The Morgan fingerprint density at radius 3 is 1.33 bits per heavy atom. The maximum absolute atomic E-state index is 13.1. The molecule has 1 aliphatic rings. The number of aliphatic hydroxyl groups excluding tert-OH is 5. The molecule has 0 aliphatic carbocycles. The second kappa shape index (κ2) is 49.0. The van der Waals surface area contributed by atoms with Gasteiger partial charge in [-0.3, -0.25) is 4.79 Å². The van der Waals surface area contributed by atoms with Gasteiger partial charge in [-0.1, -0.05) is 240 Å². The van der Waals surface area contributed by atoms with Crippen LogP contribution in [0.5, 0.6) is 0 Å². The Kier molecular flexibility index (Phi) is 45.7. The maximum atomic E-state index is 13.1. The van der Waals surface area contributed by atoms with Crippen LogP contribution < -0.4 is 5.32 Å². The number of hydrogen-bond acceptors (Lipinski definition) is 8. The van der Waals surface area contributed by atoms with Gasteiger partial charge >= 0.3 is 0 Å². The van der Waals surface area contributed by atoms with Crippen molar-refractivity contribution < 1.29 is 39.8 Å². The number of carbonyl (C=O) groups is 1. The van der Waals surface area contributed by atoms with Crippen molar-refractivity contribution in [1.82, 2.24) is 5.32 Å². The lowest BCUT2D eigenvalue weighted by molar-refractivity contribution is -0.302. The highest BCUT2D eigenvalue weighted by molar-refractivity contribution is 5.76. The zero-order valence-corrected chi connectivity index (χ0v) is 44.0. The van der Waals surface area contributed by atoms with Gasteiger partial charge in [0.2, 0.25) is 5.91 Å². The molecule has 1 aliphatic heterocycles. The number of allylic oxidation sites excluding steroid dienone is 13. The van der Waals surface area contributed by atoms with E-state index in [0.29, 0.717) is 6.42 Å². The summed E-state index contributed by atoms with van der Waals surface area (Å²) in [6, 6.07) is -0.819. The first-order valence-corrected chi connectivity index (χ1v) is 28.3. The highest BCUT2D eigenvalue weighted by Gasteiger charge is 2.44. The minimum absolute atomic E-state index is 0.193. The quantitative estimate of drug-likeness (QED) is 0.0261. The summed E-state index contributed by atoms with van der Waals surface area (Å²) in [4.78, 5) is 13.1. The Bertz CT molecular complexity index is 1350. The highest BCUT2D eigenvalue weighted by atomic mass is 16.7. The van der Waals surface area contributed by atoms with Gasteiger partial charge in [-0.05, 0) is 70.6 Å². The Morgan fingerprint density at radius 2 is 0.899 bits per heavy atom. The van der Waals surface area contributed by atoms with Crippen LogP contribution >= 0.6 is 0 Å². The van der Waals surface area contributed by atoms with Crippen molar-refractivity contribution >= 4 is 5.91 Å². The fourth-order valence-corrected chi connectivity index (χ4v) is 8.51. The molecule has 0 spiro atoms. The van der Waals surface area contributed by atoms with Gasteiger partial charge in [-0.25, -0.2) is 0 Å². The molecule has 69 heavy (non-hydrogen) atoms. The Balaban J connectivity index is 2.28. The number of ether oxygens (including phenoxy) is 2. The van der Waals surface area contributed by atoms with Gasteiger partial charge in [-0.15, -0.1) is 0 Å². The molecule has 0 saturated carbocycles. The van der Waals surface area contributed by atoms with E-state index in [9.17, 15) is 30.3 Å². The first-order chi connectivity index (χ1) is 33.8. The van der Waals surface area contributed by atoms with Crippen molar-refractivity contribution in [3.05, 3.63) is 85.1 Å². The zero-order chi connectivity index (χ0) is 50.1. The zero-order valence-electron chi connectivity index (χ0n) is 44.0. The van der Waals surface area contributed by atoms with Gasteiger partial charge in [0.05, 0.1) is 25.4 Å². The number of amides is 1. The third-order valence-electron chi connectivity index (χ3n) is 13.0. The van der Waals surface area contributed by atoms with Crippen LogP contribution in [0.3, 0.4) is 0 Å². The summed E-state index contributed by atoms with van der Waals surface area (Å²) in [6.07, 6.45) is 62.0. The van der Waals surface area contributed by atoms with E-state index in [1.165, 1.54) is 109 Å². The van der Waals surface area contributed by atoms with Crippen LogP contribution in [0, 0.1) is 0 Å². The minimum Gasteiger partial charge on any atom is -0.394 e. The second-order valence-corrected chi connectivity index (χ2v) is 19.4. The van der Waals surface area contributed by atoms with Crippen LogP contribution in [0.25, 0.3) is 0 Å². The van der Waals surface area contributed by atoms with E-state index < -0.39 is 49.5 Å². The molecule has 9 nitrogen and oxygen atoms in total. The van der Waals surface area contributed by atoms with Crippen molar-refractivity contribution in [3.8, 4) is 0 Å². The predicted octanol–water partition coefficient (Wildman–Crippen LogP) is 13.8. The molecule has 398 valence electrons. The summed E-state index contributed by atoms with van der Waals surface area (Å²) in [5.41, 5.74) is 0. The smallest absolute Gasteiger partial charge is 0.220 e. The number of rotatable bonds is 47. The van der Waals surface area contributed by atoms with Crippen LogP contribution in [0.1, 0.15) is 232 Å². The number of hydrogen-bond donors (Lipinski definition) is 6. The van der Waals surface area contributed by atoms with E-state index in [4.69, 9.17) is 9.47 Å². The predicted molar refractivity (Wildman–Crippen MR) is 290 cm³/mol. The Labute approximate surface area is 422 Å². The van der Waals surface area contributed by atoms with Crippen LogP contribution in [0.2, 0.25) is 0 Å². The monoisotopic (exact) mass is 968 g/mol. The molecule has 6 N–H and O–H groups in total. The summed E-state index contributed by atoms with van der Waals surface area (Å²) in [6.45, 7) is 3.66. The van der Waals surface area contributed by atoms with Crippen molar-refractivity contribution in [2.45, 2.75) is 275 Å². The van der Waals surface area contributed by atoms with Gasteiger partial charge in [0.1, 0.15) is 24.4 Å². The molecule has 0 aromatic heterocycles. The first-order valence-electron chi connectivity index (χ1n) is 28.3. The molecule has 0 bridgehead atoms. The lowest BCUT2D eigenvalue weighted by Gasteiger charge is -2.40. The van der Waals surface area contributed by atoms with Gasteiger partial charge < -0.3 is 40.3 Å². The number of nitrogens with one attached hydrogen (secondary N) is 1. The maximum Gasteiger partial charge on any atom is 0.220 e. The summed E-state index contributed by atoms with van der Waals surface area (Å²) >= 11 is 0. The third-order valence-corrected chi connectivity index (χ3v) is 13.0. The summed E-state index contributed by atoms with van der Waals surface area (Å²) in [7, 11) is 0. The molecule has 1 amide bonds. The van der Waals surface area contributed by atoms with Crippen molar-refractivity contribution in [3.63, 3.8) is 0 Å². The van der Waals surface area contributed by atoms with Crippen LogP contribution in [0.4, 0.5) is 0 Å². The van der Waals surface area contributed by atoms with Crippen molar-refractivity contribution in [2.75, 3.05) is 13.2 Å². The van der Waals surface area contributed by atoms with Gasteiger partial charge in [-0.2, -0.15) is 0 Å². The summed E-state index contributed by atoms with van der Waals surface area (Å²) in [5.74, 6) is -0.193. The largest absolute Gasteiger partial charge is 0.394 e. The second-order valence-electron chi connectivity index (χ2n) is 19.4. The molecule has 9 heteroatoms. The van der Waals surface area contributed by atoms with Crippen molar-refractivity contribution in [2.24, 2.45) is 0 Å². The number of unbranched alkanes of at least 4 members (excludes halogenated alkanes) is 25. The van der Waals surface area contributed by atoms with E-state index in [1.807, 2.05) is 6.08 Å². The number of carbonyl (C=O) groups excluding carboxylic acids is 1. The normalized spacial score (nSPS) is 20.1. The molecular formula is C60H105NO8. The molecular weight excluding hydrogens is 863 g/mol. The average molecular weight is 968 g/mol. The first kappa shape index (κ1) is 64.4. The van der Waals surface area contributed by atoms with Gasteiger partial charge in [0.15, 0.2) is 6.29 Å². The fraction of sp³-hybridized carbons (Fsp3) is 0.750. The molecule has 0 aromatic carbocycles. The summed E-state index contributed by atoms with van der Waals surface area (Å²) < 4.78 is 11.3. The van der Waals surface area contributed by atoms with Crippen LogP contribution in [-0.2, 0) is 14.3 Å². The van der Waals surface area contributed by atoms with Crippen molar-refractivity contribution in [1.29, 1.82) is 0 Å². The lowest BCUT2D eigenvalue weighted by Crippen LogP contribution is -2.60. The molecule has 1 rings (SSSR count). The Morgan fingerprint density at radius 1 is 0.507 bits per heavy atom. The van der Waals surface area contributed by atoms with Gasteiger partial charge in [0.25, 0.3) is 0 Å². The van der Waals surface area contributed by atoms with Gasteiger partial charge in [0, 0.05) is 6.42 Å². The van der Waals surface area contributed by atoms with Crippen LogP contribution in [0.15, 0.2) is 85.1 Å². The van der Waals surface area contributed by atoms with E-state index in [0.717, 1.165) is 103 Å². The topological polar surface area (TPSA) is 149 Å². The number of aliphatic hydroxyl groups is 5. The molecule has 7 atom stereocenters. The van der Waals surface area contributed by atoms with E-state index in [1.54, 1.807) is 6.08 Å². The van der Waals surface area contributed by atoms with E-state index in [2.05, 4.69) is 92.1 Å².